The maximum atomic E-state index is 12.0. The average Bonchev–Trinajstić information content (AvgIpc) is 2.41. The minimum absolute atomic E-state index is 0. The standard InChI is InChI=1S/C16H24N2O.ClH/c1-3-11(2)15(17)16(19)18-14-9-13(10-14)12-7-5-4-6-8-12;/h4-8,11,13-15H,3,9-10,17H2,1-2H3,(H,18,19);1H. The van der Waals surface area contributed by atoms with Crippen LogP contribution in [0.15, 0.2) is 30.3 Å². The van der Waals surface area contributed by atoms with Gasteiger partial charge in [0.05, 0.1) is 6.04 Å². The molecule has 1 aliphatic carbocycles. The van der Waals surface area contributed by atoms with E-state index in [9.17, 15) is 4.79 Å². The molecule has 3 nitrogen and oxygen atoms in total. The maximum absolute atomic E-state index is 12.0. The van der Waals surface area contributed by atoms with Gasteiger partial charge in [0.1, 0.15) is 0 Å². The van der Waals surface area contributed by atoms with Crippen molar-refractivity contribution in [2.24, 2.45) is 11.7 Å². The van der Waals surface area contributed by atoms with Crippen molar-refractivity contribution >= 4 is 18.3 Å². The molecule has 1 fully saturated rings. The molecule has 20 heavy (non-hydrogen) atoms. The van der Waals surface area contributed by atoms with Crippen molar-refractivity contribution in [1.82, 2.24) is 5.32 Å². The number of nitrogens with one attached hydrogen (secondary N) is 1. The number of nitrogens with two attached hydrogens (primary N) is 1. The monoisotopic (exact) mass is 296 g/mol. The second-order valence-corrected chi connectivity index (χ2v) is 5.70. The van der Waals surface area contributed by atoms with E-state index in [1.54, 1.807) is 0 Å². The molecule has 0 radical (unpaired) electrons. The number of carbonyl (C=O) groups excluding carboxylic acids is 1. The Hall–Kier alpha value is -1.06. The molecule has 0 aliphatic heterocycles. The molecule has 2 unspecified atom stereocenters. The normalized spacial score (nSPS) is 23.9. The molecule has 0 saturated heterocycles. The van der Waals surface area contributed by atoms with Crippen molar-refractivity contribution in [3.05, 3.63) is 35.9 Å². The molecule has 0 spiro atoms. The van der Waals surface area contributed by atoms with E-state index in [1.165, 1.54) is 5.56 Å². The molecule has 4 heteroatoms. The van der Waals surface area contributed by atoms with Gasteiger partial charge in [0.2, 0.25) is 5.91 Å². The highest BCUT2D eigenvalue weighted by Gasteiger charge is 2.32. The van der Waals surface area contributed by atoms with E-state index in [4.69, 9.17) is 5.73 Å². The third kappa shape index (κ3) is 3.97. The van der Waals surface area contributed by atoms with Crippen LogP contribution in [0.25, 0.3) is 0 Å². The summed E-state index contributed by atoms with van der Waals surface area (Å²) < 4.78 is 0. The quantitative estimate of drug-likeness (QED) is 0.878. The van der Waals surface area contributed by atoms with Gasteiger partial charge in [0.25, 0.3) is 0 Å². The highest BCUT2D eigenvalue weighted by atomic mass is 35.5. The summed E-state index contributed by atoms with van der Waals surface area (Å²) in [6.07, 6.45) is 3.00. The van der Waals surface area contributed by atoms with Crippen molar-refractivity contribution < 1.29 is 4.79 Å². The van der Waals surface area contributed by atoms with E-state index < -0.39 is 0 Å². The molecule has 2 rings (SSSR count). The molecule has 0 bridgehead atoms. The number of rotatable bonds is 5. The second kappa shape index (κ2) is 7.65. The van der Waals surface area contributed by atoms with Crippen LogP contribution in [-0.4, -0.2) is 18.0 Å². The molecule has 1 saturated carbocycles. The number of hydrogen-bond acceptors (Lipinski definition) is 2. The first-order chi connectivity index (χ1) is 9.11. The fourth-order valence-corrected chi connectivity index (χ4v) is 2.54. The summed E-state index contributed by atoms with van der Waals surface area (Å²) in [5.41, 5.74) is 7.31. The molecular formula is C16H25ClN2O. The van der Waals surface area contributed by atoms with Crippen LogP contribution < -0.4 is 11.1 Å². The predicted molar refractivity (Wildman–Crippen MR) is 85.0 cm³/mol. The fourth-order valence-electron chi connectivity index (χ4n) is 2.54. The van der Waals surface area contributed by atoms with Crippen LogP contribution in [0, 0.1) is 5.92 Å². The summed E-state index contributed by atoms with van der Waals surface area (Å²) in [4.78, 5) is 12.0. The number of benzene rings is 1. The molecular weight excluding hydrogens is 272 g/mol. The molecule has 1 aromatic carbocycles. The first-order valence-corrected chi connectivity index (χ1v) is 7.22. The van der Waals surface area contributed by atoms with Gasteiger partial charge in [-0.3, -0.25) is 4.79 Å². The van der Waals surface area contributed by atoms with E-state index in [0.29, 0.717) is 12.0 Å². The summed E-state index contributed by atoms with van der Waals surface area (Å²) in [5, 5.41) is 3.07. The van der Waals surface area contributed by atoms with Crippen molar-refractivity contribution in [2.75, 3.05) is 0 Å². The van der Waals surface area contributed by atoms with Crippen LogP contribution in [0.2, 0.25) is 0 Å². The summed E-state index contributed by atoms with van der Waals surface area (Å²) in [6.45, 7) is 4.09. The molecule has 2 atom stereocenters. The molecule has 0 aromatic heterocycles. The number of amides is 1. The Morgan fingerprint density at radius 2 is 1.95 bits per heavy atom. The lowest BCUT2D eigenvalue weighted by molar-refractivity contribution is -0.124. The van der Waals surface area contributed by atoms with Crippen LogP contribution >= 0.6 is 12.4 Å². The zero-order valence-corrected chi connectivity index (χ0v) is 13.0. The Kier molecular flexibility index (Phi) is 6.50. The largest absolute Gasteiger partial charge is 0.352 e. The number of hydrogen-bond donors (Lipinski definition) is 2. The van der Waals surface area contributed by atoms with Crippen LogP contribution in [0.3, 0.4) is 0 Å². The topological polar surface area (TPSA) is 55.1 Å². The van der Waals surface area contributed by atoms with E-state index in [2.05, 4.69) is 36.5 Å². The summed E-state index contributed by atoms with van der Waals surface area (Å²) >= 11 is 0. The Morgan fingerprint density at radius 1 is 1.35 bits per heavy atom. The van der Waals surface area contributed by atoms with Crippen molar-refractivity contribution in [1.29, 1.82) is 0 Å². The Labute approximate surface area is 127 Å². The van der Waals surface area contributed by atoms with Crippen LogP contribution in [0.1, 0.15) is 44.6 Å². The Morgan fingerprint density at radius 3 is 2.50 bits per heavy atom. The van der Waals surface area contributed by atoms with Crippen LogP contribution in [-0.2, 0) is 4.79 Å². The first kappa shape index (κ1) is 17.0. The lowest BCUT2D eigenvalue weighted by Crippen LogP contribution is -2.51. The van der Waals surface area contributed by atoms with E-state index >= 15 is 0 Å². The minimum atomic E-state index is -0.374. The lowest BCUT2D eigenvalue weighted by Gasteiger charge is -2.37. The van der Waals surface area contributed by atoms with Gasteiger partial charge in [-0.1, -0.05) is 50.6 Å². The minimum Gasteiger partial charge on any atom is -0.352 e. The maximum Gasteiger partial charge on any atom is 0.237 e. The molecule has 1 aliphatic rings. The average molecular weight is 297 g/mol. The predicted octanol–water partition coefficient (Wildman–Crippen LogP) is 2.84. The molecule has 112 valence electrons. The van der Waals surface area contributed by atoms with Crippen molar-refractivity contribution in [2.45, 2.75) is 51.1 Å². The first-order valence-electron chi connectivity index (χ1n) is 7.22. The zero-order chi connectivity index (χ0) is 13.8. The van der Waals surface area contributed by atoms with Gasteiger partial charge in [0.15, 0.2) is 0 Å². The molecule has 0 heterocycles. The molecule has 3 N–H and O–H groups in total. The summed E-state index contributed by atoms with van der Waals surface area (Å²) in [5.74, 6) is 0.835. The van der Waals surface area contributed by atoms with Crippen LogP contribution in [0.4, 0.5) is 0 Å². The Balaban J connectivity index is 0.00000200. The lowest BCUT2D eigenvalue weighted by atomic mass is 9.75. The third-order valence-corrected chi connectivity index (χ3v) is 4.32. The third-order valence-electron chi connectivity index (χ3n) is 4.32. The van der Waals surface area contributed by atoms with Gasteiger partial charge in [-0.25, -0.2) is 0 Å². The van der Waals surface area contributed by atoms with Crippen LogP contribution in [0.5, 0.6) is 0 Å². The molecule has 1 aromatic rings. The van der Waals surface area contributed by atoms with Crippen molar-refractivity contribution in [3.63, 3.8) is 0 Å². The van der Waals surface area contributed by atoms with Crippen molar-refractivity contribution in [3.8, 4) is 0 Å². The summed E-state index contributed by atoms with van der Waals surface area (Å²) in [7, 11) is 0. The summed E-state index contributed by atoms with van der Waals surface area (Å²) in [6, 6.07) is 10.4. The van der Waals surface area contributed by atoms with Gasteiger partial charge < -0.3 is 11.1 Å². The van der Waals surface area contributed by atoms with E-state index in [1.807, 2.05) is 13.0 Å². The highest BCUT2D eigenvalue weighted by molar-refractivity contribution is 5.85. The van der Waals surface area contributed by atoms with Gasteiger partial charge >= 0.3 is 0 Å². The number of carbonyl (C=O) groups is 1. The zero-order valence-electron chi connectivity index (χ0n) is 12.2. The van der Waals surface area contributed by atoms with Gasteiger partial charge in [-0.15, -0.1) is 12.4 Å². The second-order valence-electron chi connectivity index (χ2n) is 5.70. The van der Waals surface area contributed by atoms with E-state index in [-0.39, 0.29) is 30.3 Å². The van der Waals surface area contributed by atoms with Gasteiger partial charge in [-0.05, 0) is 30.2 Å². The highest BCUT2D eigenvalue weighted by Crippen LogP contribution is 2.36. The SMILES string of the molecule is CCC(C)C(N)C(=O)NC1CC(c2ccccc2)C1.Cl. The van der Waals surface area contributed by atoms with Gasteiger partial charge in [-0.2, -0.15) is 0 Å². The molecule has 1 amide bonds. The van der Waals surface area contributed by atoms with E-state index in [0.717, 1.165) is 19.3 Å². The number of halogens is 1. The fraction of sp³-hybridized carbons (Fsp3) is 0.562. The smallest absolute Gasteiger partial charge is 0.237 e. The van der Waals surface area contributed by atoms with Gasteiger partial charge in [0, 0.05) is 6.04 Å². The Bertz CT molecular complexity index is 418.